The van der Waals surface area contributed by atoms with Gasteiger partial charge in [0.05, 0.1) is 17.8 Å². The van der Waals surface area contributed by atoms with Gasteiger partial charge >= 0.3 is 0 Å². The predicted molar refractivity (Wildman–Crippen MR) is 122 cm³/mol. The molecule has 32 heavy (non-hydrogen) atoms. The molecular weight excluding hydrogens is 454 g/mol. The summed E-state index contributed by atoms with van der Waals surface area (Å²) in [5.74, 6) is 0.289. The minimum absolute atomic E-state index is 0.00416. The lowest BCUT2D eigenvalue weighted by Gasteiger charge is -2.34. The molecule has 0 atom stereocenters. The van der Waals surface area contributed by atoms with Crippen LogP contribution >= 0.6 is 0 Å². The lowest BCUT2D eigenvalue weighted by Crippen LogP contribution is -2.50. The molecule has 1 heterocycles. The molecule has 1 aliphatic rings. The number of sulfonamides is 2. The first kappa shape index (κ1) is 24.0. The van der Waals surface area contributed by atoms with Gasteiger partial charge in [-0.2, -0.15) is 4.31 Å². The Morgan fingerprint density at radius 2 is 1.66 bits per heavy atom. The molecular formula is C21H27N3O6S2. The Hall–Kier alpha value is -2.63. The van der Waals surface area contributed by atoms with Crippen LogP contribution in [-0.4, -0.2) is 71.0 Å². The summed E-state index contributed by atoms with van der Waals surface area (Å²) in [4.78, 5) is 14.6. The standard InChI is InChI=1S/C21H27N3O6S2/c1-3-15-31(26,27)22-18-6-4-5-17(16-18)21(25)23-11-13-24(14-12-23)32(28,29)20-9-7-19(30-2)8-10-20/h4-10,16,22H,3,11-15H2,1-2H3. The quantitative estimate of drug-likeness (QED) is 0.617. The third kappa shape index (κ3) is 5.59. The van der Waals surface area contributed by atoms with E-state index in [0.29, 0.717) is 23.4 Å². The largest absolute Gasteiger partial charge is 0.497 e. The summed E-state index contributed by atoms with van der Waals surface area (Å²) in [5.41, 5.74) is 0.665. The van der Waals surface area contributed by atoms with E-state index in [2.05, 4.69) is 4.72 Å². The number of ether oxygens (including phenoxy) is 1. The molecule has 0 saturated carbocycles. The van der Waals surface area contributed by atoms with Crippen molar-refractivity contribution in [3.63, 3.8) is 0 Å². The molecule has 2 aromatic rings. The number of methoxy groups -OCH3 is 1. The molecule has 0 radical (unpaired) electrons. The number of carbonyl (C=O) groups excluding carboxylic acids is 1. The van der Waals surface area contributed by atoms with Crippen molar-refractivity contribution >= 4 is 31.6 Å². The molecule has 1 amide bonds. The average molecular weight is 482 g/mol. The summed E-state index contributed by atoms with van der Waals surface area (Å²) in [6.07, 6.45) is 0.484. The van der Waals surface area contributed by atoms with Gasteiger partial charge in [-0.3, -0.25) is 9.52 Å². The van der Waals surface area contributed by atoms with E-state index in [0.717, 1.165) is 0 Å². The minimum atomic E-state index is -3.67. The van der Waals surface area contributed by atoms with Gasteiger partial charge in [0.2, 0.25) is 20.0 Å². The van der Waals surface area contributed by atoms with Crippen LogP contribution in [0.5, 0.6) is 5.75 Å². The fourth-order valence-corrected chi connectivity index (χ4v) is 5.97. The maximum Gasteiger partial charge on any atom is 0.254 e. The molecule has 0 aliphatic carbocycles. The van der Waals surface area contributed by atoms with E-state index < -0.39 is 20.0 Å². The maximum atomic E-state index is 12.9. The summed E-state index contributed by atoms with van der Waals surface area (Å²) in [6.45, 7) is 2.58. The first-order valence-electron chi connectivity index (χ1n) is 10.2. The third-order valence-electron chi connectivity index (χ3n) is 5.08. The highest BCUT2D eigenvalue weighted by Gasteiger charge is 2.30. The molecule has 1 N–H and O–H groups in total. The van der Waals surface area contributed by atoms with Gasteiger partial charge < -0.3 is 9.64 Å². The number of rotatable bonds is 8. The number of piperazine rings is 1. The van der Waals surface area contributed by atoms with Crippen molar-refractivity contribution in [2.24, 2.45) is 0 Å². The normalized spacial score (nSPS) is 15.4. The first-order chi connectivity index (χ1) is 15.2. The second-order valence-electron chi connectivity index (χ2n) is 7.37. The van der Waals surface area contributed by atoms with E-state index in [1.54, 1.807) is 42.2 Å². The van der Waals surface area contributed by atoms with Crippen molar-refractivity contribution in [1.29, 1.82) is 0 Å². The fourth-order valence-electron chi connectivity index (χ4n) is 3.43. The fraction of sp³-hybridized carbons (Fsp3) is 0.381. The number of nitrogens with one attached hydrogen (secondary N) is 1. The van der Waals surface area contributed by atoms with Gasteiger partial charge in [-0.05, 0) is 48.9 Å². The number of hydrogen-bond acceptors (Lipinski definition) is 6. The molecule has 0 spiro atoms. The molecule has 1 fully saturated rings. The molecule has 9 nitrogen and oxygen atoms in total. The van der Waals surface area contributed by atoms with Gasteiger partial charge in [0.1, 0.15) is 5.75 Å². The molecule has 1 aliphatic heterocycles. The van der Waals surface area contributed by atoms with Crippen molar-refractivity contribution in [3.8, 4) is 5.75 Å². The van der Waals surface area contributed by atoms with Crippen LogP contribution in [0.2, 0.25) is 0 Å². The molecule has 1 saturated heterocycles. The number of nitrogens with zero attached hydrogens (tertiary/aromatic N) is 2. The van der Waals surface area contributed by atoms with E-state index in [9.17, 15) is 21.6 Å². The highest BCUT2D eigenvalue weighted by molar-refractivity contribution is 7.92. The SMILES string of the molecule is CCCS(=O)(=O)Nc1cccc(C(=O)N2CCN(S(=O)(=O)c3ccc(OC)cc3)CC2)c1. The number of hydrogen-bond donors (Lipinski definition) is 1. The predicted octanol–water partition coefficient (Wildman–Crippen LogP) is 1.99. The summed E-state index contributed by atoms with van der Waals surface area (Å²) in [6, 6.07) is 12.5. The van der Waals surface area contributed by atoms with E-state index in [1.807, 2.05) is 0 Å². The van der Waals surface area contributed by atoms with E-state index in [-0.39, 0.29) is 42.7 Å². The Balaban J connectivity index is 1.66. The smallest absolute Gasteiger partial charge is 0.254 e. The summed E-state index contributed by atoms with van der Waals surface area (Å²) in [5, 5.41) is 0. The molecule has 0 bridgehead atoms. The Kier molecular flexibility index (Phi) is 7.42. The number of anilines is 1. The van der Waals surface area contributed by atoms with Gasteiger partial charge in [0.25, 0.3) is 5.91 Å². The average Bonchev–Trinajstić information content (AvgIpc) is 2.78. The van der Waals surface area contributed by atoms with Gasteiger partial charge in [-0.25, -0.2) is 16.8 Å². The molecule has 0 aromatic heterocycles. The Bertz CT molecular complexity index is 1160. The zero-order valence-electron chi connectivity index (χ0n) is 18.0. The Morgan fingerprint density at radius 3 is 2.25 bits per heavy atom. The van der Waals surface area contributed by atoms with Crippen LogP contribution in [0.25, 0.3) is 0 Å². The third-order valence-corrected chi connectivity index (χ3v) is 8.48. The zero-order chi connectivity index (χ0) is 23.4. The minimum Gasteiger partial charge on any atom is -0.497 e. The van der Waals surface area contributed by atoms with Gasteiger partial charge in [-0.1, -0.05) is 13.0 Å². The second-order valence-corrected chi connectivity index (χ2v) is 11.2. The molecule has 2 aromatic carbocycles. The highest BCUT2D eigenvalue weighted by atomic mass is 32.2. The van der Waals surface area contributed by atoms with Crippen LogP contribution in [-0.2, 0) is 20.0 Å². The van der Waals surface area contributed by atoms with Crippen molar-refractivity contribution in [3.05, 3.63) is 54.1 Å². The lowest BCUT2D eigenvalue weighted by molar-refractivity contribution is 0.0698. The van der Waals surface area contributed by atoms with Crippen LogP contribution in [0.1, 0.15) is 23.7 Å². The van der Waals surface area contributed by atoms with Gasteiger partial charge in [-0.15, -0.1) is 0 Å². The van der Waals surface area contributed by atoms with Crippen LogP contribution in [0.4, 0.5) is 5.69 Å². The molecule has 3 rings (SSSR count). The molecule has 174 valence electrons. The highest BCUT2D eigenvalue weighted by Crippen LogP contribution is 2.22. The number of carbonyl (C=O) groups is 1. The Labute approximate surface area is 189 Å². The Morgan fingerprint density at radius 1 is 1.00 bits per heavy atom. The van der Waals surface area contributed by atoms with Crippen LogP contribution in [0, 0.1) is 0 Å². The van der Waals surface area contributed by atoms with Gasteiger partial charge in [0, 0.05) is 37.4 Å². The van der Waals surface area contributed by atoms with E-state index >= 15 is 0 Å². The van der Waals surface area contributed by atoms with Crippen LogP contribution < -0.4 is 9.46 Å². The number of benzene rings is 2. The monoisotopic (exact) mass is 481 g/mol. The van der Waals surface area contributed by atoms with E-state index in [1.165, 1.54) is 29.6 Å². The number of amides is 1. The van der Waals surface area contributed by atoms with E-state index in [4.69, 9.17) is 4.74 Å². The van der Waals surface area contributed by atoms with Gasteiger partial charge in [0.15, 0.2) is 0 Å². The summed E-state index contributed by atoms with van der Waals surface area (Å²) in [7, 11) is -5.62. The zero-order valence-corrected chi connectivity index (χ0v) is 19.7. The first-order valence-corrected chi connectivity index (χ1v) is 13.3. The lowest BCUT2D eigenvalue weighted by atomic mass is 10.1. The molecule has 11 heteroatoms. The second kappa shape index (κ2) is 9.88. The van der Waals surface area contributed by atoms with Crippen molar-refractivity contribution in [1.82, 2.24) is 9.21 Å². The van der Waals surface area contributed by atoms with Crippen LogP contribution in [0.3, 0.4) is 0 Å². The molecule has 0 unspecified atom stereocenters. The maximum absolute atomic E-state index is 12.9. The van der Waals surface area contributed by atoms with Crippen LogP contribution in [0.15, 0.2) is 53.4 Å². The summed E-state index contributed by atoms with van der Waals surface area (Å²) < 4.78 is 58.6. The van der Waals surface area contributed by atoms with Crippen molar-refractivity contribution in [2.45, 2.75) is 18.2 Å². The summed E-state index contributed by atoms with van der Waals surface area (Å²) >= 11 is 0. The van der Waals surface area contributed by atoms with Crippen molar-refractivity contribution in [2.75, 3.05) is 43.8 Å². The topological polar surface area (TPSA) is 113 Å². The van der Waals surface area contributed by atoms with Crippen molar-refractivity contribution < 1.29 is 26.4 Å².